The third-order valence-electron chi connectivity index (χ3n) is 4.86. The lowest BCUT2D eigenvalue weighted by Gasteiger charge is -2.31. The Morgan fingerprint density at radius 3 is 2.11 bits per heavy atom. The Kier molecular flexibility index (Phi) is 6.57. The molecule has 2 aromatic carbocycles. The molecule has 1 N–H and O–H groups in total. The second kappa shape index (κ2) is 9.10. The minimum atomic E-state index is -0.104. The van der Waals surface area contributed by atoms with E-state index in [9.17, 15) is 9.59 Å². The molecule has 0 atom stereocenters. The van der Waals surface area contributed by atoms with Crippen molar-refractivity contribution in [1.82, 2.24) is 4.90 Å². The summed E-state index contributed by atoms with van der Waals surface area (Å²) >= 11 is 3.38. The van der Waals surface area contributed by atoms with Crippen molar-refractivity contribution in [3.63, 3.8) is 0 Å². The van der Waals surface area contributed by atoms with Gasteiger partial charge in [0.1, 0.15) is 11.5 Å². The van der Waals surface area contributed by atoms with E-state index in [1.54, 1.807) is 37.3 Å². The van der Waals surface area contributed by atoms with E-state index in [1.807, 2.05) is 24.3 Å². The molecule has 0 spiro atoms. The summed E-state index contributed by atoms with van der Waals surface area (Å²) in [5.41, 5.74) is 1.30. The number of piperidine rings is 1. The Balaban J connectivity index is 1.59. The van der Waals surface area contributed by atoms with Crippen LogP contribution in [0.15, 0.2) is 46.9 Å². The highest BCUT2D eigenvalue weighted by atomic mass is 79.9. The average molecular weight is 447 g/mol. The van der Waals surface area contributed by atoms with Crippen molar-refractivity contribution < 1.29 is 19.1 Å². The average Bonchev–Trinajstić information content (AvgIpc) is 2.74. The first-order valence-electron chi connectivity index (χ1n) is 9.09. The maximum absolute atomic E-state index is 12.8. The maximum Gasteiger partial charge on any atom is 0.254 e. The molecule has 1 aliphatic heterocycles. The van der Waals surface area contributed by atoms with Crippen LogP contribution in [0.3, 0.4) is 0 Å². The van der Waals surface area contributed by atoms with Crippen molar-refractivity contribution >= 4 is 33.4 Å². The van der Waals surface area contributed by atoms with Gasteiger partial charge in [0.2, 0.25) is 5.91 Å². The second-order valence-corrected chi connectivity index (χ2v) is 7.58. The SMILES string of the molecule is COc1cc(OC)cc(C(=O)N2CCC(C(=O)Nc3ccc(Br)cc3)CC2)c1. The predicted molar refractivity (Wildman–Crippen MR) is 111 cm³/mol. The molecule has 1 saturated heterocycles. The van der Waals surface area contributed by atoms with Gasteiger partial charge in [-0.15, -0.1) is 0 Å². The molecular formula is C21H23BrN2O4. The Morgan fingerprint density at radius 1 is 1.00 bits per heavy atom. The van der Waals surface area contributed by atoms with Crippen molar-refractivity contribution in [2.24, 2.45) is 5.92 Å². The Morgan fingerprint density at radius 2 is 1.57 bits per heavy atom. The molecule has 7 heteroatoms. The molecule has 0 saturated carbocycles. The van der Waals surface area contributed by atoms with E-state index in [0.717, 1.165) is 10.2 Å². The molecule has 3 rings (SSSR count). The molecule has 1 aliphatic rings. The molecule has 0 bridgehead atoms. The standard InChI is InChI=1S/C21H23BrN2O4/c1-27-18-11-15(12-19(13-18)28-2)21(26)24-9-7-14(8-10-24)20(25)23-17-5-3-16(22)4-6-17/h3-6,11-14H,7-10H2,1-2H3,(H,23,25). The van der Waals surface area contributed by atoms with Gasteiger partial charge in [-0.25, -0.2) is 0 Å². The number of methoxy groups -OCH3 is 2. The van der Waals surface area contributed by atoms with Gasteiger partial charge in [-0.1, -0.05) is 15.9 Å². The number of anilines is 1. The van der Waals surface area contributed by atoms with E-state index in [-0.39, 0.29) is 17.7 Å². The van der Waals surface area contributed by atoms with E-state index in [2.05, 4.69) is 21.2 Å². The quantitative estimate of drug-likeness (QED) is 0.754. The summed E-state index contributed by atoms with van der Waals surface area (Å²) in [5.74, 6) is 0.965. The fourth-order valence-corrected chi connectivity index (χ4v) is 3.50. The van der Waals surface area contributed by atoms with Gasteiger partial charge in [0, 0.05) is 40.8 Å². The zero-order valence-electron chi connectivity index (χ0n) is 15.9. The summed E-state index contributed by atoms with van der Waals surface area (Å²) < 4.78 is 11.4. The molecule has 1 heterocycles. The van der Waals surface area contributed by atoms with Crippen LogP contribution < -0.4 is 14.8 Å². The van der Waals surface area contributed by atoms with Crippen LogP contribution in [-0.2, 0) is 4.79 Å². The van der Waals surface area contributed by atoms with Gasteiger partial charge in [-0.3, -0.25) is 9.59 Å². The first-order chi connectivity index (χ1) is 13.5. The second-order valence-electron chi connectivity index (χ2n) is 6.66. The number of amides is 2. The highest BCUT2D eigenvalue weighted by Gasteiger charge is 2.28. The smallest absolute Gasteiger partial charge is 0.254 e. The third-order valence-corrected chi connectivity index (χ3v) is 5.39. The summed E-state index contributed by atoms with van der Waals surface area (Å²) in [5, 5.41) is 2.95. The molecule has 0 radical (unpaired) electrons. The van der Waals surface area contributed by atoms with Crippen molar-refractivity contribution in [2.75, 3.05) is 32.6 Å². The van der Waals surface area contributed by atoms with Crippen LogP contribution in [0.1, 0.15) is 23.2 Å². The lowest BCUT2D eigenvalue weighted by Crippen LogP contribution is -2.41. The highest BCUT2D eigenvalue weighted by Crippen LogP contribution is 2.26. The van der Waals surface area contributed by atoms with E-state index in [4.69, 9.17) is 9.47 Å². The summed E-state index contributed by atoms with van der Waals surface area (Å²) in [7, 11) is 3.11. The summed E-state index contributed by atoms with van der Waals surface area (Å²) in [4.78, 5) is 27.1. The molecule has 6 nitrogen and oxygen atoms in total. The Hall–Kier alpha value is -2.54. The molecule has 0 aromatic heterocycles. The molecular weight excluding hydrogens is 424 g/mol. The largest absolute Gasteiger partial charge is 0.497 e. The molecule has 28 heavy (non-hydrogen) atoms. The first-order valence-corrected chi connectivity index (χ1v) is 9.88. The zero-order valence-corrected chi connectivity index (χ0v) is 17.5. The first kappa shape index (κ1) is 20.2. The minimum absolute atomic E-state index is 0.00234. The molecule has 0 aliphatic carbocycles. The molecule has 148 valence electrons. The predicted octanol–water partition coefficient (Wildman–Crippen LogP) is 3.96. The number of hydrogen-bond acceptors (Lipinski definition) is 4. The van der Waals surface area contributed by atoms with E-state index < -0.39 is 0 Å². The van der Waals surface area contributed by atoms with E-state index in [0.29, 0.717) is 43.0 Å². The topological polar surface area (TPSA) is 67.9 Å². The summed E-state index contributed by atoms with van der Waals surface area (Å²) in [6.07, 6.45) is 1.27. The molecule has 2 aromatic rings. The van der Waals surface area contributed by atoms with Gasteiger partial charge in [0.15, 0.2) is 0 Å². The lowest BCUT2D eigenvalue weighted by atomic mass is 9.95. The van der Waals surface area contributed by atoms with Gasteiger partial charge >= 0.3 is 0 Å². The molecule has 0 unspecified atom stereocenters. The van der Waals surface area contributed by atoms with Gasteiger partial charge in [-0.05, 0) is 49.2 Å². The van der Waals surface area contributed by atoms with Gasteiger partial charge < -0.3 is 19.7 Å². The van der Waals surface area contributed by atoms with Crippen molar-refractivity contribution in [3.8, 4) is 11.5 Å². The van der Waals surface area contributed by atoms with Crippen LogP contribution >= 0.6 is 15.9 Å². The maximum atomic E-state index is 12.8. The number of nitrogens with one attached hydrogen (secondary N) is 1. The van der Waals surface area contributed by atoms with Crippen LogP contribution in [0.4, 0.5) is 5.69 Å². The Labute approximate surface area is 172 Å². The number of hydrogen-bond donors (Lipinski definition) is 1. The molecule has 2 amide bonds. The monoisotopic (exact) mass is 446 g/mol. The minimum Gasteiger partial charge on any atom is -0.497 e. The summed E-state index contributed by atoms with van der Waals surface area (Å²) in [6, 6.07) is 12.6. The zero-order chi connectivity index (χ0) is 20.1. The number of halogens is 1. The number of nitrogens with zero attached hydrogens (tertiary/aromatic N) is 1. The van der Waals surface area contributed by atoms with Crippen LogP contribution in [-0.4, -0.2) is 44.0 Å². The van der Waals surface area contributed by atoms with E-state index >= 15 is 0 Å². The van der Waals surface area contributed by atoms with Crippen LogP contribution in [0.2, 0.25) is 0 Å². The third kappa shape index (κ3) is 4.84. The highest BCUT2D eigenvalue weighted by molar-refractivity contribution is 9.10. The lowest BCUT2D eigenvalue weighted by molar-refractivity contribution is -0.121. The van der Waals surface area contributed by atoms with Gasteiger partial charge in [0.05, 0.1) is 14.2 Å². The van der Waals surface area contributed by atoms with Crippen LogP contribution in [0.25, 0.3) is 0 Å². The van der Waals surface area contributed by atoms with Gasteiger partial charge in [0.25, 0.3) is 5.91 Å². The number of ether oxygens (including phenoxy) is 2. The fourth-order valence-electron chi connectivity index (χ4n) is 3.24. The van der Waals surface area contributed by atoms with Crippen LogP contribution in [0, 0.1) is 5.92 Å². The number of likely N-dealkylation sites (tertiary alicyclic amines) is 1. The van der Waals surface area contributed by atoms with Crippen molar-refractivity contribution in [2.45, 2.75) is 12.8 Å². The van der Waals surface area contributed by atoms with Crippen LogP contribution in [0.5, 0.6) is 11.5 Å². The number of benzene rings is 2. The Bertz CT molecular complexity index is 824. The van der Waals surface area contributed by atoms with Gasteiger partial charge in [-0.2, -0.15) is 0 Å². The van der Waals surface area contributed by atoms with Crippen molar-refractivity contribution in [1.29, 1.82) is 0 Å². The van der Waals surface area contributed by atoms with E-state index in [1.165, 1.54) is 0 Å². The number of rotatable bonds is 5. The summed E-state index contributed by atoms with van der Waals surface area (Å²) in [6.45, 7) is 1.08. The fraction of sp³-hybridized carbons (Fsp3) is 0.333. The molecule has 1 fully saturated rings. The number of carbonyl (C=O) groups excluding carboxylic acids is 2. The normalized spacial score (nSPS) is 14.5. The number of carbonyl (C=O) groups is 2. The van der Waals surface area contributed by atoms with Crippen molar-refractivity contribution in [3.05, 3.63) is 52.5 Å².